The first-order chi connectivity index (χ1) is 12.5. The van der Waals surface area contributed by atoms with Crippen molar-refractivity contribution in [3.63, 3.8) is 0 Å². The van der Waals surface area contributed by atoms with E-state index in [1.165, 1.54) is 7.11 Å². The summed E-state index contributed by atoms with van der Waals surface area (Å²) in [6.45, 7) is 4.39. The van der Waals surface area contributed by atoms with Gasteiger partial charge in [0.15, 0.2) is 0 Å². The summed E-state index contributed by atoms with van der Waals surface area (Å²) >= 11 is 0. The Morgan fingerprint density at radius 2 is 2.00 bits per heavy atom. The van der Waals surface area contributed by atoms with Crippen LogP contribution in [0, 0.1) is 5.92 Å². The Labute approximate surface area is 152 Å². The summed E-state index contributed by atoms with van der Waals surface area (Å²) in [5.74, 6) is 0.711. The first-order valence-electron chi connectivity index (χ1n) is 8.82. The second-order valence-electron chi connectivity index (χ2n) is 6.78. The second kappa shape index (κ2) is 7.78. The van der Waals surface area contributed by atoms with Crippen molar-refractivity contribution in [2.75, 3.05) is 39.2 Å². The van der Waals surface area contributed by atoms with Gasteiger partial charge in [-0.1, -0.05) is 6.92 Å². The molecule has 2 heterocycles. The summed E-state index contributed by atoms with van der Waals surface area (Å²) in [7, 11) is 2.89. The molecule has 1 aliphatic heterocycles. The van der Waals surface area contributed by atoms with Gasteiger partial charge in [-0.15, -0.1) is 0 Å². The number of aromatic amines is 1. The zero-order valence-electron chi connectivity index (χ0n) is 15.4. The number of nitrogens with one attached hydrogen (secondary N) is 2. The van der Waals surface area contributed by atoms with Crippen molar-refractivity contribution in [3.05, 3.63) is 23.9 Å². The Bertz CT molecular complexity index is 806. The number of hydrogen-bond donors (Lipinski definition) is 2. The van der Waals surface area contributed by atoms with Crippen LogP contribution in [0.1, 0.15) is 30.3 Å². The third-order valence-electron chi connectivity index (χ3n) is 4.90. The van der Waals surface area contributed by atoms with Gasteiger partial charge in [-0.25, -0.2) is 4.79 Å². The molecular weight excluding hydrogens is 334 g/mol. The number of piperidine rings is 1. The van der Waals surface area contributed by atoms with Crippen molar-refractivity contribution in [2.45, 2.75) is 19.8 Å². The zero-order valence-corrected chi connectivity index (χ0v) is 15.4. The number of aromatic nitrogens is 1. The molecule has 0 unspecified atom stereocenters. The molecule has 3 rings (SSSR count). The van der Waals surface area contributed by atoms with Gasteiger partial charge in [0, 0.05) is 11.5 Å². The molecule has 1 aromatic carbocycles. The molecule has 1 aliphatic rings. The van der Waals surface area contributed by atoms with E-state index in [2.05, 4.69) is 22.1 Å². The molecule has 7 nitrogen and oxygen atoms in total. The molecule has 7 heteroatoms. The number of carbonyl (C=O) groups is 2. The third-order valence-corrected chi connectivity index (χ3v) is 4.90. The number of hydrogen-bond acceptors (Lipinski definition) is 5. The largest absolute Gasteiger partial charge is 0.497 e. The fourth-order valence-electron chi connectivity index (χ4n) is 3.29. The Balaban J connectivity index is 1.83. The van der Waals surface area contributed by atoms with Crippen molar-refractivity contribution in [1.82, 2.24) is 9.88 Å². The number of ether oxygens (including phenoxy) is 2. The molecule has 2 aromatic rings. The third kappa shape index (κ3) is 3.83. The predicted molar refractivity (Wildman–Crippen MR) is 99.7 cm³/mol. The molecule has 0 bridgehead atoms. The van der Waals surface area contributed by atoms with E-state index in [9.17, 15) is 9.59 Å². The molecule has 0 aliphatic carbocycles. The van der Waals surface area contributed by atoms with Gasteiger partial charge in [0.05, 0.1) is 32.0 Å². The minimum atomic E-state index is -0.526. The second-order valence-corrected chi connectivity index (χ2v) is 6.78. The summed E-state index contributed by atoms with van der Waals surface area (Å²) < 4.78 is 10.1. The lowest BCUT2D eigenvalue weighted by molar-refractivity contribution is -0.117. The van der Waals surface area contributed by atoms with Crippen LogP contribution >= 0.6 is 0 Å². The van der Waals surface area contributed by atoms with Crippen LogP contribution < -0.4 is 10.1 Å². The maximum Gasteiger partial charge on any atom is 0.356 e. The van der Waals surface area contributed by atoms with E-state index in [4.69, 9.17) is 9.47 Å². The number of amides is 1. The van der Waals surface area contributed by atoms with E-state index in [1.54, 1.807) is 19.2 Å². The highest BCUT2D eigenvalue weighted by Crippen LogP contribution is 2.31. The van der Waals surface area contributed by atoms with E-state index in [-0.39, 0.29) is 11.6 Å². The van der Waals surface area contributed by atoms with E-state index >= 15 is 0 Å². The summed E-state index contributed by atoms with van der Waals surface area (Å²) in [5.41, 5.74) is 1.38. The average molecular weight is 359 g/mol. The van der Waals surface area contributed by atoms with Crippen LogP contribution in [-0.2, 0) is 9.53 Å². The Morgan fingerprint density at radius 3 is 2.65 bits per heavy atom. The Kier molecular flexibility index (Phi) is 5.46. The van der Waals surface area contributed by atoms with Gasteiger partial charge in [-0.05, 0) is 44.0 Å². The quantitative estimate of drug-likeness (QED) is 0.802. The minimum Gasteiger partial charge on any atom is -0.497 e. The lowest BCUT2D eigenvalue weighted by atomic mass is 9.99. The van der Waals surface area contributed by atoms with Crippen molar-refractivity contribution in [2.24, 2.45) is 5.92 Å². The highest BCUT2D eigenvalue weighted by Gasteiger charge is 2.23. The summed E-state index contributed by atoms with van der Waals surface area (Å²) in [4.78, 5) is 29.8. The Hall–Kier alpha value is -2.54. The number of H-pyrrole nitrogens is 1. The number of carbonyl (C=O) groups excluding carboxylic acids is 2. The maximum atomic E-state index is 12.5. The predicted octanol–water partition coefficient (Wildman–Crippen LogP) is 2.63. The molecule has 1 amide bonds. The monoisotopic (exact) mass is 359 g/mol. The molecule has 140 valence electrons. The Morgan fingerprint density at radius 1 is 1.27 bits per heavy atom. The van der Waals surface area contributed by atoms with Crippen molar-refractivity contribution < 1.29 is 19.1 Å². The molecule has 1 fully saturated rings. The van der Waals surface area contributed by atoms with Gasteiger partial charge in [-0.3, -0.25) is 9.69 Å². The van der Waals surface area contributed by atoms with E-state index in [1.807, 2.05) is 6.07 Å². The molecule has 2 N–H and O–H groups in total. The summed E-state index contributed by atoms with van der Waals surface area (Å²) in [6.07, 6.45) is 2.21. The number of rotatable bonds is 5. The van der Waals surface area contributed by atoms with Crippen LogP contribution in [0.4, 0.5) is 5.69 Å². The van der Waals surface area contributed by atoms with Crippen LogP contribution in [0.2, 0.25) is 0 Å². The number of likely N-dealkylation sites (tertiary alicyclic amines) is 1. The van der Waals surface area contributed by atoms with Crippen LogP contribution in [0.3, 0.4) is 0 Å². The fraction of sp³-hybridized carbons (Fsp3) is 0.474. The van der Waals surface area contributed by atoms with Crippen LogP contribution in [0.25, 0.3) is 10.9 Å². The van der Waals surface area contributed by atoms with Crippen molar-refractivity contribution in [3.8, 4) is 5.75 Å². The van der Waals surface area contributed by atoms with Gasteiger partial charge in [0.2, 0.25) is 5.91 Å². The number of nitrogens with zero attached hydrogens (tertiary/aromatic N) is 1. The molecule has 0 spiro atoms. The van der Waals surface area contributed by atoms with E-state index in [0.29, 0.717) is 29.4 Å². The van der Waals surface area contributed by atoms with Gasteiger partial charge < -0.3 is 19.8 Å². The van der Waals surface area contributed by atoms with Gasteiger partial charge in [0.1, 0.15) is 11.4 Å². The molecule has 0 atom stereocenters. The standard InChI is InChI=1S/C19H25N3O4/c1-12-6-8-22(9-7-12)11-16(23)21-17-14-5-4-13(25-2)10-15(14)20-18(17)19(24)26-3/h4-5,10,12,20H,6-9,11H2,1-3H3,(H,21,23). The van der Waals surface area contributed by atoms with Crippen molar-refractivity contribution in [1.29, 1.82) is 0 Å². The molecule has 1 saturated heterocycles. The van der Waals surface area contributed by atoms with Crippen molar-refractivity contribution >= 4 is 28.5 Å². The zero-order chi connectivity index (χ0) is 18.7. The molecular formula is C19H25N3O4. The van der Waals surface area contributed by atoms with Gasteiger partial charge in [-0.2, -0.15) is 0 Å². The van der Waals surface area contributed by atoms with Gasteiger partial charge in [0.25, 0.3) is 0 Å². The summed E-state index contributed by atoms with van der Waals surface area (Å²) in [5, 5.41) is 3.63. The minimum absolute atomic E-state index is 0.138. The topological polar surface area (TPSA) is 83.7 Å². The highest BCUT2D eigenvalue weighted by atomic mass is 16.5. The average Bonchev–Trinajstić information content (AvgIpc) is 3.00. The van der Waals surface area contributed by atoms with Gasteiger partial charge >= 0.3 is 5.97 Å². The lowest BCUT2D eigenvalue weighted by Gasteiger charge is -2.29. The number of fused-ring (bicyclic) bond motifs is 1. The van der Waals surface area contributed by atoms with E-state index < -0.39 is 5.97 Å². The molecule has 0 saturated carbocycles. The normalized spacial score (nSPS) is 15.8. The fourth-order valence-corrected chi connectivity index (χ4v) is 3.29. The molecule has 0 radical (unpaired) electrons. The first-order valence-corrected chi connectivity index (χ1v) is 8.82. The first kappa shape index (κ1) is 18.3. The van der Waals surface area contributed by atoms with E-state index in [0.717, 1.165) is 31.3 Å². The maximum absolute atomic E-state index is 12.5. The molecule has 1 aromatic heterocycles. The number of benzene rings is 1. The number of methoxy groups -OCH3 is 2. The van der Waals surface area contributed by atoms with Crippen LogP contribution in [-0.4, -0.2) is 55.6 Å². The smallest absolute Gasteiger partial charge is 0.356 e. The highest BCUT2D eigenvalue weighted by molar-refractivity contribution is 6.11. The number of esters is 1. The van der Waals surface area contributed by atoms with Crippen LogP contribution in [0.15, 0.2) is 18.2 Å². The lowest BCUT2D eigenvalue weighted by Crippen LogP contribution is -2.38. The summed E-state index contributed by atoms with van der Waals surface area (Å²) in [6, 6.07) is 5.39. The van der Waals surface area contributed by atoms with Crippen LogP contribution in [0.5, 0.6) is 5.75 Å². The molecule has 26 heavy (non-hydrogen) atoms. The SMILES string of the molecule is COC(=O)c1[nH]c2cc(OC)ccc2c1NC(=O)CN1CCC(C)CC1. The number of anilines is 1.